The summed E-state index contributed by atoms with van der Waals surface area (Å²) in [6.07, 6.45) is 0.994. The van der Waals surface area contributed by atoms with Crippen molar-refractivity contribution in [2.75, 3.05) is 26.3 Å². The van der Waals surface area contributed by atoms with Crippen molar-refractivity contribution in [2.45, 2.75) is 0 Å². The summed E-state index contributed by atoms with van der Waals surface area (Å²) in [5, 5.41) is 7.64. The Labute approximate surface area is 127 Å². The Bertz CT molecular complexity index is 630. The van der Waals surface area contributed by atoms with E-state index in [1.807, 2.05) is 18.2 Å². The van der Waals surface area contributed by atoms with Crippen LogP contribution in [0.15, 0.2) is 42.6 Å². The monoisotopic (exact) mass is 301 g/mol. The van der Waals surface area contributed by atoms with Gasteiger partial charge in [-0.3, -0.25) is 0 Å². The molecule has 0 aliphatic carbocycles. The Kier molecular flexibility index (Phi) is 4.45. The van der Waals surface area contributed by atoms with Gasteiger partial charge in [-0.05, 0) is 12.1 Å². The third-order valence-corrected chi connectivity index (χ3v) is 3.08. The molecule has 1 aliphatic heterocycles. The van der Waals surface area contributed by atoms with Gasteiger partial charge in [-0.1, -0.05) is 18.2 Å². The first-order valence-corrected chi connectivity index (χ1v) is 6.92. The zero-order valence-corrected chi connectivity index (χ0v) is 11.8. The largest absolute Gasteiger partial charge is 0.435 e. The third kappa shape index (κ3) is 3.50. The van der Waals surface area contributed by atoms with Crippen molar-refractivity contribution in [1.82, 2.24) is 15.1 Å². The number of para-hydroxylation sites is 1. The van der Waals surface area contributed by atoms with Gasteiger partial charge < -0.3 is 19.1 Å². The molecule has 1 aromatic carbocycles. The van der Waals surface area contributed by atoms with Crippen LogP contribution in [0.1, 0.15) is 0 Å². The number of ether oxygens (including phenoxy) is 3. The molecule has 3 rings (SSSR count). The van der Waals surface area contributed by atoms with Gasteiger partial charge in [0.1, 0.15) is 5.75 Å². The lowest BCUT2D eigenvalue weighted by atomic mass is 10.3. The molecule has 7 nitrogen and oxygen atoms in total. The van der Waals surface area contributed by atoms with Crippen molar-refractivity contribution in [3.63, 3.8) is 0 Å². The van der Waals surface area contributed by atoms with E-state index in [0.717, 1.165) is 0 Å². The fraction of sp³-hybridized carbons (Fsp3) is 0.267. The quantitative estimate of drug-likeness (QED) is 0.864. The lowest BCUT2D eigenvalue weighted by molar-refractivity contribution is 0.0413. The normalized spacial score (nSPS) is 14.5. The van der Waals surface area contributed by atoms with Crippen LogP contribution in [-0.2, 0) is 4.74 Å². The minimum absolute atomic E-state index is 0.148. The molecule has 1 aromatic heterocycles. The Morgan fingerprint density at radius 1 is 1.14 bits per heavy atom. The lowest BCUT2D eigenvalue weighted by Gasteiger charge is -2.25. The molecule has 7 heteroatoms. The summed E-state index contributed by atoms with van der Waals surface area (Å²) in [6, 6.07) is 10.7. The van der Waals surface area contributed by atoms with Crippen LogP contribution in [0, 0.1) is 0 Å². The van der Waals surface area contributed by atoms with Crippen molar-refractivity contribution >= 4 is 6.09 Å². The molecule has 0 saturated carbocycles. The second-order valence-corrected chi connectivity index (χ2v) is 4.58. The van der Waals surface area contributed by atoms with Crippen molar-refractivity contribution in [3.8, 4) is 17.4 Å². The molecule has 0 unspecified atom stereocenters. The molecule has 0 N–H and O–H groups in total. The number of benzene rings is 1. The lowest BCUT2D eigenvalue weighted by Crippen LogP contribution is -2.42. The van der Waals surface area contributed by atoms with Crippen LogP contribution in [0.25, 0.3) is 0 Å². The SMILES string of the molecule is O=C(Oc1ccnnc1Oc1ccccc1)N1CCOCC1. The van der Waals surface area contributed by atoms with Crippen molar-refractivity contribution in [3.05, 3.63) is 42.6 Å². The molecular weight excluding hydrogens is 286 g/mol. The maximum atomic E-state index is 12.1. The minimum atomic E-state index is -0.450. The van der Waals surface area contributed by atoms with Crippen molar-refractivity contribution < 1.29 is 19.0 Å². The van der Waals surface area contributed by atoms with E-state index in [4.69, 9.17) is 14.2 Å². The Morgan fingerprint density at radius 3 is 2.68 bits per heavy atom. The molecule has 0 atom stereocenters. The van der Waals surface area contributed by atoms with Gasteiger partial charge in [-0.25, -0.2) is 4.79 Å². The average molecular weight is 301 g/mol. The van der Waals surface area contributed by atoms with Crippen LogP contribution in [0.3, 0.4) is 0 Å². The van der Waals surface area contributed by atoms with Gasteiger partial charge >= 0.3 is 6.09 Å². The summed E-state index contributed by atoms with van der Waals surface area (Å²) in [4.78, 5) is 13.7. The predicted octanol–water partition coefficient (Wildman–Crippen LogP) is 2.10. The minimum Gasteiger partial charge on any atom is -0.435 e. The number of morpholine rings is 1. The summed E-state index contributed by atoms with van der Waals surface area (Å²) in [5.74, 6) is 0.970. The van der Waals surface area contributed by atoms with E-state index < -0.39 is 6.09 Å². The standard InChI is InChI=1S/C15H15N3O4/c19-15(18-8-10-20-11-9-18)22-13-6-7-16-17-14(13)21-12-4-2-1-3-5-12/h1-7H,8-11H2. The van der Waals surface area contributed by atoms with Crippen LogP contribution in [0.4, 0.5) is 4.79 Å². The summed E-state index contributed by atoms with van der Waals surface area (Å²) in [7, 11) is 0. The van der Waals surface area contributed by atoms with Crippen molar-refractivity contribution in [2.24, 2.45) is 0 Å². The second kappa shape index (κ2) is 6.86. The molecule has 2 aromatic rings. The fourth-order valence-electron chi connectivity index (χ4n) is 1.96. The smallest absolute Gasteiger partial charge is 0.415 e. The number of carbonyl (C=O) groups is 1. The summed E-state index contributed by atoms with van der Waals surface area (Å²) < 4.78 is 16.2. The topological polar surface area (TPSA) is 73.8 Å². The van der Waals surface area contributed by atoms with Gasteiger partial charge in [0, 0.05) is 19.2 Å². The zero-order chi connectivity index (χ0) is 15.2. The van der Waals surface area contributed by atoms with Crippen LogP contribution >= 0.6 is 0 Å². The molecule has 0 radical (unpaired) electrons. The average Bonchev–Trinajstić information content (AvgIpc) is 2.58. The molecule has 0 spiro atoms. The van der Waals surface area contributed by atoms with Crippen LogP contribution in [-0.4, -0.2) is 47.5 Å². The zero-order valence-electron chi connectivity index (χ0n) is 11.8. The van der Waals surface area contributed by atoms with E-state index in [-0.39, 0.29) is 11.6 Å². The first-order valence-electron chi connectivity index (χ1n) is 6.92. The van der Waals surface area contributed by atoms with E-state index in [9.17, 15) is 4.79 Å². The molecule has 2 heterocycles. The van der Waals surface area contributed by atoms with Crippen LogP contribution in [0.5, 0.6) is 17.4 Å². The number of aromatic nitrogens is 2. The molecule has 114 valence electrons. The molecule has 1 amide bonds. The number of carbonyl (C=O) groups excluding carboxylic acids is 1. The Balaban J connectivity index is 1.72. The highest BCUT2D eigenvalue weighted by Crippen LogP contribution is 2.28. The van der Waals surface area contributed by atoms with Gasteiger partial charge in [0.15, 0.2) is 5.75 Å². The first kappa shape index (κ1) is 14.3. The van der Waals surface area contributed by atoms with Gasteiger partial charge in [-0.15, -0.1) is 5.10 Å². The van der Waals surface area contributed by atoms with Gasteiger partial charge in [0.2, 0.25) is 0 Å². The summed E-state index contributed by atoms with van der Waals surface area (Å²) in [6.45, 7) is 2.03. The second-order valence-electron chi connectivity index (χ2n) is 4.58. The number of rotatable bonds is 3. The maximum Gasteiger partial charge on any atom is 0.415 e. The number of hydrogen-bond donors (Lipinski definition) is 0. The molecule has 1 fully saturated rings. The van der Waals surface area contributed by atoms with E-state index in [1.165, 1.54) is 6.20 Å². The summed E-state index contributed by atoms with van der Waals surface area (Å²) in [5.41, 5.74) is 0. The highest BCUT2D eigenvalue weighted by molar-refractivity contribution is 5.71. The number of hydrogen-bond acceptors (Lipinski definition) is 6. The highest BCUT2D eigenvalue weighted by Gasteiger charge is 2.21. The molecular formula is C15H15N3O4. The highest BCUT2D eigenvalue weighted by atomic mass is 16.6. The van der Waals surface area contributed by atoms with E-state index >= 15 is 0 Å². The molecule has 1 saturated heterocycles. The van der Waals surface area contributed by atoms with Gasteiger partial charge in [-0.2, -0.15) is 5.10 Å². The van der Waals surface area contributed by atoms with Crippen LogP contribution in [0.2, 0.25) is 0 Å². The Hall–Kier alpha value is -2.67. The van der Waals surface area contributed by atoms with Gasteiger partial charge in [0.25, 0.3) is 5.88 Å². The fourth-order valence-corrected chi connectivity index (χ4v) is 1.96. The van der Waals surface area contributed by atoms with Crippen molar-refractivity contribution in [1.29, 1.82) is 0 Å². The Morgan fingerprint density at radius 2 is 1.91 bits per heavy atom. The van der Waals surface area contributed by atoms with Gasteiger partial charge in [0.05, 0.1) is 19.4 Å². The molecule has 0 bridgehead atoms. The van der Waals surface area contributed by atoms with E-state index in [2.05, 4.69) is 10.2 Å². The maximum absolute atomic E-state index is 12.1. The number of nitrogens with zero attached hydrogens (tertiary/aromatic N) is 3. The third-order valence-electron chi connectivity index (χ3n) is 3.08. The number of amides is 1. The predicted molar refractivity (Wildman–Crippen MR) is 77.0 cm³/mol. The summed E-state index contributed by atoms with van der Waals surface area (Å²) >= 11 is 0. The van der Waals surface area contributed by atoms with Crippen LogP contribution < -0.4 is 9.47 Å². The molecule has 22 heavy (non-hydrogen) atoms. The van der Waals surface area contributed by atoms with E-state index in [0.29, 0.717) is 32.1 Å². The molecule has 1 aliphatic rings. The van der Waals surface area contributed by atoms with E-state index in [1.54, 1.807) is 23.1 Å². The first-order chi connectivity index (χ1) is 10.8.